The SMILES string of the molecule is Cc1ccc([C@@H]2CC(c3cccs3)=NN2c2nc(-c3ccccc3)c3cc(Cl)ccc3n2)cc1. The first kappa shape index (κ1) is 21.0. The summed E-state index contributed by atoms with van der Waals surface area (Å²) in [6.07, 6.45) is 0.798. The van der Waals surface area contributed by atoms with Gasteiger partial charge in [-0.15, -0.1) is 11.3 Å². The average Bonchev–Trinajstić information content (AvgIpc) is 3.55. The average molecular weight is 481 g/mol. The second-order valence-corrected chi connectivity index (χ2v) is 9.78. The molecule has 1 aliphatic rings. The smallest absolute Gasteiger partial charge is 0.223 e. The Balaban J connectivity index is 1.54. The molecule has 5 aromatic rings. The molecule has 0 bridgehead atoms. The summed E-state index contributed by atoms with van der Waals surface area (Å²) in [5.74, 6) is 0.589. The van der Waals surface area contributed by atoms with E-state index in [0.29, 0.717) is 11.0 Å². The summed E-state index contributed by atoms with van der Waals surface area (Å²) in [7, 11) is 0. The fourth-order valence-corrected chi connectivity index (χ4v) is 5.23. The fraction of sp³-hybridized carbons (Fsp3) is 0.107. The van der Waals surface area contributed by atoms with Gasteiger partial charge in [0.25, 0.3) is 0 Å². The van der Waals surface area contributed by atoms with E-state index in [-0.39, 0.29) is 6.04 Å². The van der Waals surface area contributed by atoms with Crippen LogP contribution in [-0.2, 0) is 0 Å². The molecule has 0 aliphatic carbocycles. The van der Waals surface area contributed by atoms with Crippen molar-refractivity contribution in [3.8, 4) is 11.3 Å². The van der Waals surface area contributed by atoms with Crippen molar-refractivity contribution >= 4 is 45.5 Å². The number of thiophene rings is 1. The van der Waals surface area contributed by atoms with Crippen LogP contribution in [-0.4, -0.2) is 15.7 Å². The lowest BCUT2D eigenvalue weighted by Gasteiger charge is -2.23. The van der Waals surface area contributed by atoms with Crippen LogP contribution in [0.25, 0.3) is 22.2 Å². The molecule has 3 aromatic carbocycles. The summed E-state index contributed by atoms with van der Waals surface area (Å²) in [5, 5.41) is 10.7. The Labute approximate surface area is 207 Å². The molecule has 0 N–H and O–H groups in total. The lowest BCUT2D eigenvalue weighted by atomic mass is 10.0. The van der Waals surface area contributed by atoms with Crippen molar-refractivity contribution in [2.45, 2.75) is 19.4 Å². The Hall–Kier alpha value is -3.54. The third kappa shape index (κ3) is 3.87. The Morgan fingerprint density at radius 2 is 1.74 bits per heavy atom. The highest BCUT2D eigenvalue weighted by atomic mass is 35.5. The number of aromatic nitrogens is 2. The van der Waals surface area contributed by atoms with Crippen molar-refractivity contribution in [3.05, 3.63) is 111 Å². The molecule has 6 rings (SSSR count). The molecular weight excluding hydrogens is 460 g/mol. The number of benzene rings is 3. The van der Waals surface area contributed by atoms with Gasteiger partial charge in [0.05, 0.1) is 27.8 Å². The molecule has 0 fully saturated rings. The van der Waals surface area contributed by atoms with E-state index in [9.17, 15) is 0 Å². The quantitative estimate of drug-likeness (QED) is 0.265. The van der Waals surface area contributed by atoms with Crippen LogP contribution in [0.4, 0.5) is 5.95 Å². The van der Waals surface area contributed by atoms with Gasteiger partial charge in [-0.1, -0.05) is 77.8 Å². The van der Waals surface area contributed by atoms with Crippen LogP contribution < -0.4 is 5.01 Å². The van der Waals surface area contributed by atoms with Crippen molar-refractivity contribution in [3.63, 3.8) is 0 Å². The first-order valence-corrected chi connectivity index (χ1v) is 12.4. The summed E-state index contributed by atoms with van der Waals surface area (Å²) < 4.78 is 0. The van der Waals surface area contributed by atoms with Crippen molar-refractivity contribution in [2.75, 3.05) is 5.01 Å². The minimum absolute atomic E-state index is 0.0195. The number of halogens is 1. The van der Waals surface area contributed by atoms with Crippen LogP contribution in [0.2, 0.25) is 5.02 Å². The lowest BCUT2D eigenvalue weighted by molar-refractivity contribution is 0.689. The highest BCUT2D eigenvalue weighted by Crippen LogP contribution is 2.38. The molecule has 1 atom stereocenters. The first-order chi connectivity index (χ1) is 16.7. The minimum Gasteiger partial charge on any atom is -0.223 e. The molecule has 0 saturated carbocycles. The Morgan fingerprint density at radius 1 is 0.912 bits per heavy atom. The van der Waals surface area contributed by atoms with Crippen LogP contribution in [0.15, 0.2) is 95.4 Å². The van der Waals surface area contributed by atoms with Crippen LogP contribution >= 0.6 is 22.9 Å². The van der Waals surface area contributed by atoms with Crippen molar-refractivity contribution in [1.82, 2.24) is 9.97 Å². The molecule has 166 valence electrons. The number of rotatable bonds is 4. The molecule has 0 saturated heterocycles. The van der Waals surface area contributed by atoms with E-state index >= 15 is 0 Å². The Kier molecular flexibility index (Phi) is 5.36. The number of fused-ring (bicyclic) bond motifs is 1. The fourth-order valence-electron chi connectivity index (χ4n) is 4.34. The topological polar surface area (TPSA) is 41.4 Å². The van der Waals surface area contributed by atoms with Crippen molar-refractivity contribution in [1.29, 1.82) is 0 Å². The molecule has 4 nitrogen and oxygen atoms in total. The standard InChI is InChI=1S/C28H21ClN4S/c1-18-9-11-19(12-10-18)25-17-24(26-8-5-15-34-26)32-33(25)28-30-23-14-13-21(29)16-22(23)27(31-28)20-6-3-2-4-7-20/h2-16,25H,17H2,1H3/t25-/m0/s1. The molecule has 6 heteroatoms. The molecule has 34 heavy (non-hydrogen) atoms. The van der Waals surface area contributed by atoms with Crippen LogP contribution in [0, 0.1) is 6.92 Å². The van der Waals surface area contributed by atoms with Crippen molar-refractivity contribution in [2.24, 2.45) is 5.10 Å². The summed E-state index contributed by atoms with van der Waals surface area (Å²) >= 11 is 8.06. The summed E-state index contributed by atoms with van der Waals surface area (Å²) in [6.45, 7) is 2.10. The Bertz CT molecular complexity index is 1500. The zero-order chi connectivity index (χ0) is 23.1. The summed E-state index contributed by atoms with van der Waals surface area (Å²) in [5.41, 5.74) is 6.20. The van der Waals surface area contributed by atoms with Crippen LogP contribution in [0.3, 0.4) is 0 Å². The molecule has 2 aromatic heterocycles. The van der Waals surface area contributed by atoms with Gasteiger partial charge in [-0.25, -0.2) is 15.0 Å². The molecule has 0 spiro atoms. The van der Waals surface area contributed by atoms with E-state index in [1.165, 1.54) is 16.0 Å². The highest BCUT2D eigenvalue weighted by molar-refractivity contribution is 7.12. The number of hydrazone groups is 1. The maximum Gasteiger partial charge on any atom is 0.247 e. The first-order valence-electron chi connectivity index (χ1n) is 11.2. The van der Waals surface area contributed by atoms with Gasteiger partial charge < -0.3 is 0 Å². The van der Waals surface area contributed by atoms with E-state index < -0.39 is 0 Å². The van der Waals surface area contributed by atoms with Gasteiger partial charge in [0.2, 0.25) is 5.95 Å². The number of aryl methyl sites for hydroxylation is 1. The van der Waals surface area contributed by atoms with Gasteiger partial charge in [0.1, 0.15) is 0 Å². The van der Waals surface area contributed by atoms with Gasteiger partial charge >= 0.3 is 0 Å². The van der Waals surface area contributed by atoms with E-state index in [1.807, 2.05) is 41.4 Å². The highest BCUT2D eigenvalue weighted by Gasteiger charge is 2.32. The second kappa shape index (κ2) is 8.67. The number of hydrogen-bond donors (Lipinski definition) is 0. The summed E-state index contributed by atoms with van der Waals surface area (Å²) in [4.78, 5) is 11.2. The third-order valence-electron chi connectivity index (χ3n) is 6.08. The van der Waals surface area contributed by atoms with Crippen LogP contribution in [0.1, 0.15) is 28.5 Å². The van der Waals surface area contributed by atoms with E-state index in [1.54, 1.807) is 11.3 Å². The molecule has 0 unspecified atom stereocenters. The zero-order valence-corrected chi connectivity index (χ0v) is 20.1. The molecule has 0 amide bonds. The second-order valence-electron chi connectivity index (χ2n) is 8.40. The monoisotopic (exact) mass is 480 g/mol. The largest absolute Gasteiger partial charge is 0.247 e. The number of nitrogens with zero attached hydrogens (tertiary/aromatic N) is 4. The lowest BCUT2D eigenvalue weighted by Crippen LogP contribution is -2.21. The van der Waals surface area contributed by atoms with Gasteiger partial charge in [-0.2, -0.15) is 5.10 Å². The van der Waals surface area contributed by atoms with Gasteiger partial charge in [-0.05, 0) is 42.1 Å². The van der Waals surface area contributed by atoms with E-state index in [0.717, 1.165) is 34.3 Å². The normalized spacial score (nSPS) is 15.6. The number of anilines is 1. The van der Waals surface area contributed by atoms with Gasteiger partial charge in [0, 0.05) is 22.4 Å². The molecule has 1 aliphatic heterocycles. The number of hydrogen-bond acceptors (Lipinski definition) is 5. The predicted molar refractivity (Wildman–Crippen MR) is 142 cm³/mol. The maximum atomic E-state index is 6.35. The zero-order valence-electron chi connectivity index (χ0n) is 18.5. The van der Waals surface area contributed by atoms with Crippen LogP contribution in [0.5, 0.6) is 0 Å². The van der Waals surface area contributed by atoms with Gasteiger partial charge in [0.15, 0.2) is 0 Å². The van der Waals surface area contributed by atoms with Crippen molar-refractivity contribution < 1.29 is 0 Å². The molecular formula is C28H21ClN4S. The molecule has 3 heterocycles. The third-order valence-corrected chi connectivity index (χ3v) is 7.23. The van der Waals surface area contributed by atoms with Gasteiger partial charge in [-0.3, -0.25) is 0 Å². The predicted octanol–water partition coefficient (Wildman–Crippen LogP) is 7.68. The maximum absolute atomic E-state index is 6.35. The Morgan fingerprint density at radius 3 is 2.50 bits per heavy atom. The molecule has 0 radical (unpaired) electrons. The van der Waals surface area contributed by atoms with E-state index in [4.69, 9.17) is 26.7 Å². The summed E-state index contributed by atoms with van der Waals surface area (Å²) in [6, 6.07) is 28.8. The minimum atomic E-state index is 0.0195. The van der Waals surface area contributed by atoms with E-state index in [2.05, 4.69) is 60.8 Å².